The number of hydrogen-bond donors (Lipinski definition) is 0. The maximum Gasteiger partial charge on any atom is 0.262 e. The molecule has 1 aromatic carbocycles. The Balaban J connectivity index is 1.57. The monoisotopic (exact) mass is 362 g/mol. The van der Waals surface area contributed by atoms with Crippen LogP contribution in [0.4, 0.5) is 11.4 Å². The van der Waals surface area contributed by atoms with Crippen molar-refractivity contribution in [2.75, 3.05) is 22.9 Å². The molecule has 1 aliphatic carbocycles. The number of aryl methyl sites for hydroxylation is 2. The van der Waals surface area contributed by atoms with Crippen molar-refractivity contribution in [2.24, 2.45) is 7.05 Å². The molecule has 1 saturated carbocycles. The molecule has 5 rings (SSSR count). The topological polar surface area (TPSA) is 54.5 Å². The van der Waals surface area contributed by atoms with Crippen LogP contribution in [0.3, 0.4) is 0 Å². The summed E-state index contributed by atoms with van der Waals surface area (Å²) in [6, 6.07) is 8.68. The molecule has 1 amide bonds. The second-order valence-corrected chi connectivity index (χ2v) is 7.40. The van der Waals surface area contributed by atoms with Crippen molar-refractivity contribution < 1.29 is 9.21 Å². The number of benzene rings is 1. The van der Waals surface area contributed by atoms with Gasteiger partial charge in [0.05, 0.1) is 29.5 Å². The van der Waals surface area contributed by atoms with Crippen molar-refractivity contribution in [2.45, 2.75) is 25.8 Å². The lowest BCUT2D eigenvalue weighted by Gasteiger charge is -2.39. The fourth-order valence-corrected chi connectivity index (χ4v) is 4.04. The maximum absolute atomic E-state index is 13.5. The predicted molar refractivity (Wildman–Crippen MR) is 104 cm³/mol. The summed E-state index contributed by atoms with van der Waals surface area (Å²) in [5, 5.41) is 4.49. The minimum absolute atomic E-state index is 0.0124. The maximum atomic E-state index is 13.5. The molecule has 2 aliphatic rings. The highest BCUT2D eigenvalue weighted by atomic mass is 16.3. The van der Waals surface area contributed by atoms with Gasteiger partial charge in [-0.05, 0) is 37.5 Å². The number of carbonyl (C=O) groups is 1. The average molecular weight is 362 g/mol. The predicted octanol–water partition coefficient (Wildman–Crippen LogP) is 3.62. The Bertz CT molecular complexity index is 1000. The number of anilines is 2. The first kappa shape index (κ1) is 16.2. The number of aromatic nitrogens is 2. The third kappa shape index (κ3) is 2.63. The van der Waals surface area contributed by atoms with E-state index in [1.165, 1.54) is 24.1 Å². The van der Waals surface area contributed by atoms with E-state index in [0.29, 0.717) is 23.8 Å². The molecule has 138 valence electrons. The lowest BCUT2D eigenvalue weighted by atomic mass is 10.0. The van der Waals surface area contributed by atoms with E-state index in [1.54, 1.807) is 23.4 Å². The molecule has 3 heterocycles. The van der Waals surface area contributed by atoms with Crippen LogP contribution in [0.15, 0.2) is 47.4 Å². The molecule has 0 N–H and O–H groups in total. The number of para-hydroxylation sites is 1. The van der Waals surface area contributed by atoms with Crippen LogP contribution in [-0.4, -0.2) is 34.8 Å². The van der Waals surface area contributed by atoms with Gasteiger partial charge in [-0.25, -0.2) is 0 Å². The van der Waals surface area contributed by atoms with E-state index in [1.807, 2.05) is 24.1 Å². The van der Waals surface area contributed by atoms with Gasteiger partial charge in [0.1, 0.15) is 5.69 Å². The molecule has 0 atom stereocenters. The molecule has 6 nitrogen and oxygen atoms in total. The zero-order valence-corrected chi connectivity index (χ0v) is 15.6. The Morgan fingerprint density at radius 2 is 2.07 bits per heavy atom. The van der Waals surface area contributed by atoms with Gasteiger partial charge in [0.25, 0.3) is 5.91 Å². The van der Waals surface area contributed by atoms with Crippen molar-refractivity contribution >= 4 is 17.3 Å². The summed E-state index contributed by atoms with van der Waals surface area (Å²) in [4.78, 5) is 17.9. The highest BCUT2D eigenvalue weighted by Gasteiger charge is 2.37. The molecule has 0 radical (unpaired) electrons. The van der Waals surface area contributed by atoms with Gasteiger partial charge in [0.2, 0.25) is 0 Å². The number of fused-ring (bicyclic) bond motifs is 1. The molecule has 27 heavy (non-hydrogen) atoms. The van der Waals surface area contributed by atoms with Crippen LogP contribution in [0.5, 0.6) is 0 Å². The Labute approximate surface area is 158 Å². The van der Waals surface area contributed by atoms with Gasteiger partial charge < -0.3 is 14.2 Å². The second-order valence-electron chi connectivity index (χ2n) is 7.40. The number of hydrogen-bond acceptors (Lipinski definition) is 4. The van der Waals surface area contributed by atoms with Gasteiger partial charge in [0.15, 0.2) is 0 Å². The van der Waals surface area contributed by atoms with Gasteiger partial charge in [-0.15, -0.1) is 0 Å². The number of amides is 1. The third-order valence-corrected chi connectivity index (χ3v) is 5.45. The van der Waals surface area contributed by atoms with E-state index in [2.05, 4.69) is 29.1 Å². The highest BCUT2D eigenvalue weighted by molar-refractivity contribution is 6.11. The fraction of sp³-hybridized carbons (Fsp3) is 0.333. The van der Waals surface area contributed by atoms with Crippen LogP contribution < -0.4 is 9.80 Å². The molecule has 0 saturated heterocycles. The summed E-state index contributed by atoms with van der Waals surface area (Å²) in [6.45, 7) is 3.68. The summed E-state index contributed by atoms with van der Waals surface area (Å²) in [7, 11) is 1.84. The Kier molecular flexibility index (Phi) is 3.60. The fourth-order valence-electron chi connectivity index (χ4n) is 4.04. The Hall–Kier alpha value is -3.02. The van der Waals surface area contributed by atoms with Gasteiger partial charge >= 0.3 is 0 Å². The Morgan fingerprint density at radius 1 is 1.22 bits per heavy atom. The molecule has 0 bridgehead atoms. The first-order valence-corrected chi connectivity index (χ1v) is 9.38. The number of nitrogens with zero attached hydrogens (tertiary/aromatic N) is 4. The van der Waals surface area contributed by atoms with E-state index in [4.69, 9.17) is 4.42 Å². The molecule has 6 heteroatoms. The van der Waals surface area contributed by atoms with Crippen molar-refractivity contribution in [3.8, 4) is 11.3 Å². The van der Waals surface area contributed by atoms with Crippen molar-refractivity contribution in [3.05, 3.63) is 54.1 Å². The largest absolute Gasteiger partial charge is 0.472 e. The van der Waals surface area contributed by atoms with E-state index in [-0.39, 0.29) is 5.91 Å². The zero-order chi connectivity index (χ0) is 18.5. The quantitative estimate of drug-likeness (QED) is 0.714. The van der Waals surface area contributed by atoms with Gasteiger partial charge in [-0.1, -0.05) is 12.1 Å². The van der Waals surface area contributed by atoms with E-state index < -0.39 is 0 Å². The summed E-state index contributed by atoms with van der Waals surface area (Å²) < 4.78 is 6.88. The first-order valence-electron chi connectivity index (χ1n) is 9.38. The van der Waals surface area contributed by atoms with Gasteiger partial charge in [0, 0.05) is 37.9 Å². The molecule has 2 aromatic heterocycles. The Morgan fingerprint density at radius 3 is 2.81 bits per heavy atom. The van der Waals surface area contributed by atoms with Crippen LogP contribution in [0.2, 0.25) is 0 Å². The smallest absolute Gasteiger partial charge is 0.262 e. The second kappa shape index (κ2) is 6.01. The average Bonchev–Trinajstić information content (AvgIpc) is 3.21. The van der Waals surface area contributed by atoms with Crippen LogP contribution in [0, 0.1) is 6.92 Å². The van der Waals surface area contributed by atoms with E-state index >= 15 is 0 Å². The summed E-state index contributed by atoms with van der Waals surface area (Å²) in [5.41, 5.74) is 5.51. The van der Waals surface area contributed by atoms with Crippen LogP contribution >= 0.6 is 0 Å². The van der Waals surface area contributed by atoms with E-state index in [0.717, 1.165) is 17.8 Å². The van der Waals surface area contributed by atoms with E-state index in [9.17, 15) is 4.79 Å². The van der Waals surface area contributed by atoms with Crippen molar-refractivity contribution in [3.63, 3.8) is 0 Å². The molecule has 3 aromatic rings. The van der Waals surface area contributed by atoms with Crippen LogP contribution in [0.25, 0.3) is 11.3 Å². The molecule has 1 fully saturated rings. The van der Waals surface area contributed by atoms with Crippen molar-refractivity contribution in [1.29, 1.82) is 0 Å². The van der Waals surface area contributed by atoms with Gasteiger partial charge in [-0.2, -0.15) is 5.10 Å². The summed E-state index contributed by atoms with van der Waals surface area (Å²) in [6.07, 6.45) is 7.52. The minimum Gasteiger partial charge on any atom is -0.472 e. The van der Waals surface area contributed by atoms with Crippen LogP contribution in [-0.2, 0) is 7.05 Å². The number of furan rings is 1. The number of carbonyl (C=O) groups excluding carboxylic acids is 1. The zero-order valence-electron chi connectivity index (χ0n) is 15.6. The minimum atomic E-state index is -0.0124. The van der Waals surface area contributed by atoms with Crippen LogP contribution in [0.1, 0.15) is 28.8 Å². The number of rotatable bonds is 3. The van der Waals surface area contributed by atoms with Gasteiger partial charge in [-0.3, -0.25) is 9.48 Å². The molecular formula is C21H22N4O2. The highest BCUT2D eigenvalue weighted by Crippen LogP contribution is 2.42. The standard InChI is InChI=1S/C21H22N4O2/c1-14-4-3-5-18-20(14)24(16-6-7-16)9-10-25(18)21(26)17-12-23(2)22-19(17)15-8-11-27-13-15/h3-5,8,11-13,16H,6-7,9-10H2,1-2H3. The third-order valence-electron chi connectivity index (χ3n) is 5.45. The lowest BCUT2D eigenvalue weighted by Crippen LogP contribution is -2.45. The molecule has 0 spiro atoms. The summed E-state index contributed by atoms with van der Waals surface area (Å²) in [5.74, 6) is -0.0124. The molecule has 0 unspecified atom stereocenters. The lowest BCUT2D eigenvalue weighted by molar-refractivity contribution is 0.0987. The SMILES string of the molecule is Cc1cccc2c1N(C1CC1)CCN2C(=O)c1cn(C)nc1-c1ccoc1. The van der Waals surface area contributed by atoms with Crippen molar-refractivity contribution in [1.82, 2.24) is 9.78 Å². The normalized spacial score (nSPS) is 16.5. The summed E-state index contributed by atoms with van der Waals surface area (Å²) >= 11 is 0. The molecular weight excluding hydrogens is 340 g/mol. The first-order chi connectivity index (χ1) is 13.1. The molecule has 1 aliphatic heterocycles.